The van der Waals surface area contributed by atoms with Gasteiger partial charge in [0, 0.05) is 5.69 Å². The molecule has 3 aromatic carbocycles. The normalized spacial score (nSPS) is 12.2. The zero-order valence-electron chi connectivity index (χ0n) is 17.6. The van der Waals surface area contributed by atoms with Crippen LogP contribution in [0, 0.1) is 0 Å². The van der Waals surface area contributed by atoms with E-state index in [9.17, 15) is 22.8 Å². The molecule has 0 saturated carbocycles. The Morgan fingerprint density at radius 1 is 0.938 bits per heavy atom. The highest BCUT2D eigenvalue weighted by atomic mass is 19.4. The third kappa shape index (κ3) is 5.55. The summed E-state index contributed by atoms with van der Waals surface area (Å²) < 4.78 is 43.8. The Morgan fingerprint density at radius 2 is 1.56 bits per heavy atom. The van der Waals surface area contributed by atoms with Crippen LogP contribution in [0.5, 0.6) is 0 Å². The third-order valence-corrected chi connectivity index (χ3v) is 4.95. The third-order valence-electron chi connectivity index (χ3n) is 4.95. The first-order valence-electron chi connectivity index (χ1n) is 10.1. The molecule has 0 aliphatic carbocycles. The topological polar surface area (TPSA) is 55.4 Å². The number of aryl methyl sites for hydroxylation is 1. The minimum atomic E-state index is -4.45. The highest BCUT2D eigenvalue weighted by Crippen LogP contribution is 2.32. The Morgan fingerprint density at radius 3 is 2.16 bits per heavy atom. The summed E-state index contributed by atoms with van der Waals surface area (Å²) in [4.78, 5) is 25.2. The predicted molar refractivity (Wildman–Crippen MR) is 116 cm³/mol. The second kappa shape index (κ2) is 9.68. The Kier molecular flexibility index (Phi) is 6.98. The first-order valence-corrected chi connectivity index (χ1v) is 10.1. The SMILES string of the molecule is CCc1ccc(NC(=O)[C@H](C)OC(=O)c2ccccc2-c2ccc(C(F)(F)F)cc2)cc1. The molecule has 166 valence electrons. The summed E-state index contributed by atoms with van der Waals surface area (Å²) in [6, 6.07) is 18.2. The fourth-order valence-electron chi connectivity index (χ4n) is 3.10. The lowest BCUT2D eigenvalue weighted by molar-refractivity contribution is -0.137. The number of nitrogens with one attached hydrogen (secondary N) is 1. The zero-order valence-corrected chi connectivity index (χ0v) is 17.6. The summed E-state index contributed by atoms with van der Waals surface area (Å²) in [5.74, 6) is -1.24. The minimum absolute atomic E-state index is 0.152. The molecule has 0 heterocycles. The maximum absolute atomic E-state index is 12.8. The quantitative estimate of drug-likeness (QED) is 0.469. The van der Waals surface area contributed by atoms with Crippen LogP contribution in [0.4, 0.5) is 18.9 Å². The average molecular weight is 441 g/mol. The standard InChI is InChI=1S/C25H22F3NO3/c1-3-17-8-14-20(15-9-17)29-23(30)16(2)32-24(31)22-7-5-4-6-21(22)18-10-12-19(13-11-18)25(26,27)28/h4-16H,3H2,1-2H3,(H,29,30)/t16-/m0/s1. The van der Waals surface area contributed by atoms with Gasteiger partial charge >= 0.3 is 12.1 Å². The van der Waals surface area contributed by atoms with Gasteiger partial charge in [-0.15, -0.1) is 0 Å². The molecule has 0 aromatic heterocycles. The second-order valence-electron chi connectivity index (χ2n) is 7.21. The van der Waals surface area contributed by atoms with Crippen LogP contribution in [0.3, 0.4) is 0 Å². The van der Waals surface area contributed by atoms with Crippen molar-refractivity contribution in [1.29, 1.82) is 0 Å². The van der Waals surface area contributed by atoms with Gasteiger partial charge in [-0.05, 0) is 60.4 Å². The van der Waals surface area contributed by atoms with Crippen molar-refractivity contribution in [2.45, 2.75) is 32.5 Å². The Bertz CT molecular complexity index is 1090. The molecule has 3 rings (SSSR count). The maximum atomic E-state index is 12.8. The van der Waals surface area contributed by atoms with Gasteiger partial charge in [0.1, 0.15) is 0 Å². The van der Waals surface area contributed by atoms with Gasteiger partial charge < -0.3 is 10.1 Å². The van der Waals surface area contributed by atoms with E-state index in [1.165, 1.54) is 25.1 Å². The molecule has 4 nitrogen and oxygen atoms in total. The van der Waals surface area contributed by atoms with Gasteiger partial charge in [0.15, 0.2) is 6.10 Å². The molecule has 0 radical (unpaired) electrons. The highest BCUT2D eigenvalue weighted by Gasteiger charge is 2.30. The van der Waals surface area contributed by atoms with Crippen molar-refractivity contribution in [2.75, 3.05) is 5.32 Å². The van der Waals surface area contributed by atoms with Crippen LogP contribution in [-0.2, 0) is 22.1 Å². The molecule has 0 saturated heterocycles. The summed E-state index contributed by atoms with van der Waals surface area (Å²) in [6.45, 7) is 3.48. The first-order chi connectivity index (χ1) is 15.2. The fourth-order valence-corrected chi connectivity index (χ4v) is 3.10. The summed E-state index contributed by atoms with van der Waals surface area (Å²) in [6.07, 6.45) is -4.65. The molecule has 0 spiro atoms. The van der Waals surface area contributed by atoms with Crippen molar-refractivity contribution in [2.24, 2.45) is 0 Å². The van der Waals surface area contributed by atoms with Gasteiger partial charge in [-0.3, -0.25) is 4.79 Å². The molecule has 1 atom stereocenters. The Balaban J connectivity index is 1.73. The van der Waals surface area contributed by atoms with E-state index in [-0.39, 0.29) is 5.56 Å². The van der Waals surface area contributed by atoms with Gasteiger partial charge in [-0.2, -0.15) is 13.2 Å². The number of amides is 1. The number of esters is 1. The van der Waals surface area contributed by atoms with Crippen molar-refractivity contribution in [3.63, 3.8) is 0 Å². The summed E-state index contributed by atoms with van der Waals surface area (Å²) in [5, 5.41) is 2.69. The molecule has 3 aromatic rings. The molecule has 0 bridgehead atoms. The van der Waals surface area contributed by atoms with Crippen molar-refractivity contribution in [3.05, 3.63) is 89.5 Å². The van der Waals surface area contributed by atoms with Gasteiger partial charge in [0.25, 0.3) is 5.91 Å². The first kappa shape index (κ1) is 23.1. The van der Waals surface area contributed by atoms with Crippen LogP contribution in [0.2, 0.25) is 0 Å². The molecule has 0 aliphatic rings. The van der Waals surface area contributed by atoms with Gasteiger partial charge in [0.05, 0.1) is 11.1 Å². The lowest BCUT2D eigenvalue weighted by Gasteiger charge is -2.16. The van der Waals surface area contributed by atoms with Crippen molar-refractivity contribution < 1.29 is 27.5 Å². The van der Waals surface area contributed by atoms with E-state index in [0.717, 1.165) is 24.1 Å². The van der Waals surface area contributed by atoms with Crippen LogP contribution in [0.1, 0.15) is 35.3 Å². The van der Waals surface area contributed by atoms with E-state index in [1.54, 1.807) is 30.3 Å². The highest BCUT2D eigenvalue weighted by molar-refractivity contribution is 6.00. The summed E-state index contributed by atoms with van der Waals surface area (Å²) in [7, 11) is 0. The molecular weight excluding hydrogens is 419 g/mol. The Hall–Kier alpha value is -3.61. The van der Waals surface area contributed by atoms with E-state index in [1.807, 2.05) is 19.1 Å². The number of carbonyl (C=O) groups excluding carboxylic acids is 2. The number of benzene rings is 3. The number of hydrogen-bond donors (Lipinski definition) is 1. The van der Waals surface area contributed by atoms with Crippen molar-refractivity contribution in [1.82, 2.24) is 0 Å². The van der Waals surface area contributed by atoms with E-state index >= 15 is 0 Å². The molecule has 1 amide bonds. The molecule has 1 N–H and O–H groups in total. The number of carbonyl (C=O) groups is 2. The van der Waals surface area contributed by atoms with E-state index in [0.29, 0.717) is 16.8 Å². The number of anilines is 1. The van der Waals surface area contributed by atoms with Crippen LogP contribution in [0.25, 0.3) is 11.1 Å². The molecular formula is C25H22F3NO3. The summed E-state index contributed by atoms with van der Waals surface area (Å²) in [5.41, 5.74) is 1.92. The van der Waals surface area contributed by atoms with Crippen LogP contribution in [-0.4, -0.2) is 18.0 Å². The smallest absolute Gasteiger partial charge is 0.416 e. The monoisotopic (exact) mass is 441 g/mol. The number of rotatable bonds is 6. The summed E-state index contributed by atoms with van der Waals surface area (Å²) >= 11 is 0. The Labute approximate surface area is 184 Å². The molecule has 0 aliphatic heterocycles. The zero-order chi connectivity index (χ0) is 23.3. The molecule has 0 unspecified atom stereocenters. The van der Waals surface area contributed by atoms with Crippen molar-refractivity contribution in [3.8, 4) is 11.1 Å². The molecule has 0 fully saturated rings. The second-order valence-corrected chi connectivity index (χ2v) is 7.21. The van der Waals surface area contributed by atoms with Crippen LogP contribution in [0.15, 0.2) is 72.8 Å². The van der Waals surface area contributed by atoms with Gasteiger partial charge in [-0.1, -0.05) is 49.4 Å². The van der Waals surface area contributed by atoms with Crippen LogP contribution >= 0.6 is 0 Å². The number of hydrogen-bond acceptors (Lipinski definition) is 3. The fraction of sp³-hybridized carbons (Fsp3) is 0.200. The van der Waals surface area contributed by atoms with E-state index in [2.05, 4.69) is 5.32 Å². The number of ether oxygens (including phenoxy) is 1. The molecule has 7 heteroatoms. The predicted octanol–water partition coefficient (Wildman–Crippen LogP) is 6.12. The molecule has 32 heavy (non-hydrogen) atoms. The minimum Gasteiger partial charge on any atom is -0.449 e. The largest absolute Gasteiger partial charge is 0.449 e. The van der Waals surface area contributed by atoms with E-state index < -0.39 is 29.7 Å². The van der Waals surface area contributed by atoms with E-state index in [4.69, 9.17) is 4.74 Å². The van der Waals surface area contributed by atoms with Gasteiger partial charge in [-0.25, -0.2) is 4.79 Å². The van der Waals surface area contributed by atoms with Gasteiger partial charge in [0.2, 0.25) is 0 Å². The van der Waals surface area contributed by atoms with Crippen molar-refractivity contribution >= 4 is 17.6 Å². The maximum Gasteiger partial charge on any atom is 0.416 e. The lowest BCUT2D eigenvalue weighted by atomic mass is 9.98. The van der Waals surface area contributed by atoms with Crippen LogP contribution < -0.4 is 5.32 Å². The average Bonchev–Trinajstić information content (AvgIpc) is 2.79. The number of halogens is 3. The number of alkyl halides is 3. The lowest BCUT2D eigenvalue weighted by Crippen LogP contribution is -2.30.